The number of ether oxygens (including phenoxy) is 6. The molecule has 11 nitrogen and oxygen atoms in total. The van der Waals surface area contributed by atoms with Crippen LogP contribution in [0.1, 0.15) is 63.0 Å². The molecule has 4 unspecified atom stereocenters. The monoisotopic (exact) mass is 572 g/mol. The minimum absolute atomic E-state index is 0.0211. The molecule has 0 aliphatic carbocycles. The molecule has 1 fully saturated rings. The lowest BCUT2D eigenvalue weighted by atomic mass is 10.0. The van der Waals surface area contributed by atoms with Crippen molar-refractivity contribution in [1.29, 1.82) is 0 Å². The van der Waals surface area contributed by atoms with E-state index in [9.17, 15) is 14.4 Å². The molecule has 0 spiro atoms. The number of pyridine rings is 1. The van der Waals surface area contributed by atoms with Gasteiger partial charge in [0.25, 0.3) is 5.91 Å². The number of methoxy groups -OCH3 is 1. The van der Waals surface area contributed by atoms with Crippen LogP contribution in [-0.4, -0.2) is 67.7 Å². The Bertz CT molecular complexity index is 1170. The Morgan fingerprint density at radius 1 is 1.15 bits per heavy atom. The van der Waals surface area contributed by atoms with Crippen molar-refractivity contribution in [3.05, 3.63) is 47.8 Å². The number of esters is 2. The average molecular weight is 573 g/mol. The maximum absolute atomic E-state index is 13.3. The highest BCUT2D eigenvalue weighted by molar-refractivity contribution is 5.98. The number of hydrogen-bond acceptors (Lipinski definition) is 10. The van der Waals surface area contributed by atoms with E-state index in [0.29, 0.717) is 37.5 Å². The molecule has 0 bridgehead atoms. The molecule has 2 heterocycles. The summed E-state index contributed by atoms with van der Waals surface area (Å²) in [4.78, 5) is 41.9. The largest absolute Gasteiger partial charge is 0.493 e. The second-order valence-electron chi connectivity index (χ2n) is 10.3. The van der Waals surface area contributed by atoms with Crippen LogP contribution in [0.2, 0.25) is 0 Å². The summed E-state index contributed by atoms with van der Waals surface area (Å²) in [5.41, 5.74) is 0.971. The maximum atomic E-state index is 13.3. The summed E-state index contributed by atoms with van der Waals surface area (Å²) >= 11 is 0. The summed E-state index contributed by atoms with van der Waals surface area (Å²) in [6, 6.07) is 8.20. The van der Waals surface area contributed by atoms with Crippen LogP contribution in [0.3, 0.4) is 0 Å². The molecule has 1 saturated heterocycles. The van der Waals surface area contributed by atoms with Crippen molar-refractivity contribution in [2.75, 3.05) is 20.5 Å². The van der Waals surface area contributed by atoms with Gasteiger partial charge in [0, 0.05) is 25.8 Å². The van der Waals surface area contributed by atoms with Gasteiger partial charge in [0.05, 0.1) is 13.2 Å². The Morgan fingerprint density at radius 2 is 1.88 bits per heavy atom. The van der Waals surface area contributed by atoms with Gasteiger partial charge in [-0.1, -0.05) is 31.5 Å². The van der Waals surface area contributed by atoms with Gasteiger partial charge in [-0.15, -0.1) is 0 Å². The molecular weight excluding hydrogens is 532 g/mol. The van der Waals surface area contributed by atoms with Crippen molar-refractivity contribution in [2.45, 2.75) is 78.2 Å². The smallest absolute Gasteiger partial charge is 0.329 e. The molecule has 224 valence electrons. The molecule has 1 aliphatic rings. The molecule has 1 N–H and O–H groups in total. The summed E-state index contributed by atoms with van der Waals surface area (Å²) in [5.74, 6) is -0.678. The summed E-state index contributed by atoms with van der Waals surface area (Å²) in [5, 5.41) is 2.73. The molecular formula is C30H40N2O9. The first kappa shape index (κ1) is 31.7. The number of rotatable bonds is 11. The summed E-state index contributed by atoms with van der Waals surface area (Å²) < 4.78 is 34.0. The van der Waals surface area contributed by atoms with Crippen LogP contribution in [0, 0.1) is 12.8 Å². The Labute approximate surface area is 240 Å². The number of nitrogens with one attached hydrogen (secondary N) is 1. The van der Waals surface area contributed by atoms with Gasteiger partial charge in [-0.3, -0.25) is 9.59 Å². The third-order valence-corrected chi connectivity index (χ3v) is 6.41. The standard InChI is InChI=1S/C30H40N2O9/c1-18(2)16-37-25-9-7-8-23(30(35)40-20(4)27(25)41-22-12-10-19(3)11-13-22)32-29(34)26-28(39-17-38-21(5)33)24(36-6)14-15-31-26/h10-15,18,20,23,25,27H,7-9,16-17H2,1-6H3,(H,32,34). The SMILES string of the molecule is COc1ccnc(C(=O)NC2CCCC(OCC(C)C)C(Oc3ccc(C)cc3)C(C)OC2=O)c1OCOC(C)=O. The van der Waals surface area contributed by atoms with Crippen molar-refractivity contribution in [3.8, 4) is 17.2 Å². The minimum Gasteiger partial charge on any atom is -0.493 e. The first-order valence-electron chi connectivity index (χ1n) is 13.7. The highest BCUT2D eigenvalue weighted by atomic mass is 16.7. The van der Waals surface area contributed by atoms with E-state index in [1.807, 2.05) is 31.2 Å². The fourth-order valence-electron chi connectivity index (χ4n) is 4.30. The quantitative estimate of drug-likeness (QED) is 0.311. The molecule has 11 heteroatoms. The van der Waals surface area contributed by atoms with Gasteiger partial charge in [0.1, 0.15) is 17.9 Å². The van der Waals surface area contributed by atoms with Gasteiger partial charge >= 0.3 is 11.9 Å². The molecule has 1 aliphatic heterocycles. The zero-order valence-corrected chi connectivity index (χ0v) is 24.5. The summed E-state index contributed by atoms with van der Waals surface area (Å²) in [6.45, 7) is 9.20. The van der Waals surface area contributed by atoms with E-state index in [1.165, 1.54) is 26.3 Å². The lowest BCUT2D eigenvalue weighted by Crippen LogP contribution is -2.47. The predicted octanol–water partition coefficient (Wildman–Crippen LogP) is 4.00. The molecule has 0 radical (unpaired) electrons. The van der Waals surface area contributed by atoms with Crippen LogP contribution < -0.4 is 19.5 Å². The number of carbonyl (C=O) groups is 3. The van der Waals surface area contributed by atoms with E-state index in [0.717, 1.165) is 5.56 Å². The summed E-state index contributed by atoms with van der Waals surface area (Å²) in [7, 11) is 1.40. The number of carbonyl (C=O) groups excluding carboxylic acids is 3. The lowest BCUT2D eigenvalue weighted by Gasteiger charge is -2.32. The van der Waals surface area contributed by atoms with E-state index in [4.69, 9.17) is 28.4 Å². The summed E-state index contributed by atoms with van der Waals surface area (Å²) in [6.07, 6.45) is 1.27. The Kier molecular flexibility index (Phi) is 11.8. The number of hydrogen-bond donors (Lipinski definition) is 1. The van der Waals surface area contributed by atoms with Gasteiger partial charge < -0.3 is 33.7 Å². The van der Waals surface area contributed by atoms with Crippen LogP contribution in [0.25, 0.3) is 0 Å². The van der Waals surface area contributed by atoms with Gasteiger partial charge in [-0.05, 0) is 51.2 Å². The molecule has 1 aromatic carbocycles. The second-order valence-corrected chi connectivity index (χ2v) is 10.3. The number of aromatic nitrogens is 1. The fourth-order valence-corrected chi connectivity index (χ4v) is 4.30. The van der Waals surface area contributed by atoms with Crippen LogP contribution in [0.15, 0.2) is 36.5 Å². The highest BCUT2D eigenvalue weighted by Gasteiger charge is 2.37. The highest BCUT2D eigenvalue weighted by Crippen LogP contribution is 2.30. The van der Waals surface area contributed by atoms with E-state index in [-0.39, 0.29) is 23.3 Å². The van der Waals surface area contributed by atoms with Crippen molar-refractivity contribution < 1.29 is 42.8 Å². The van der Waals surface area contributed by atoms with Crippen molar-refractivity contribution >= 4 is 17.8 Å². The van der Waals surface area contributed by atoms with Gasteiger partial charge in [-0.25, -0.2) is 9.78 Å². The third-order valence-electron chi connectivity index (χ3n) is 6.41. The number of cyclic esters (lactones) is 1. The van der Waals surface area contributed by atoms with Crippen molar-refractivity contribution in [2.24, 2.45) is 5.92 Å². The van der Waals surface area contributed by atoms with E-state index >= 15 is 0 Å². The first-order valence-corrected chi connectivity index (χ1v) is 13.7. The Morgan fingerprint density at radius 3 is 2.54 bits per heavy atom. The zero-order chi connectivity index (χ0) is 29.9. The zero-order valence-electron chi connectivity index (χ0n) is 24.5. The normalized spacial score (nSPS) is 21.1. The molecule has 3 rings (SSSR count). The van der Waals surface area contributed by atoms with Crippen molar-refractivity contribution in [1.82, 2.24) is 10.3 Å². The van der Waals surface area contributed by atoms with Crippen LogP contribution in [0.4, 0.5) is 0 Å². The number of nitrogens with zero attached hydrogens (tertiary/aromatic N) is 1. The Hall–Kier alpha value is -3.86. The molecule has 1 aromatic heterocycles. The maximum Gasteiger partial charge on any atom is 0.329 e. The van der Waals surface area contributed by atoms with Gasteiger partial charge in [-0.2, -0.15) is 0 Å². The van der Waals surface area contributed by atoms with Crippen LogP contribution >= 0.6 is 0 Å². The van der Waals surface area contributed by atoms with Crippen LogP contribution in [-0.2, 0) is 23.8 Å². The van der Waals surface area contributed by atoms with Crippen LogP contribution in [0.5, 0.6) is 17.2 Å². The minimum atomic E-state index is -0.955. The number of amides is 1. The predicted molar refractivity (Wildman–Crippen MR) is 149 cm³/mol. The number of benzene rings is 1. The second kappa shape index (κ2) is 15.2. The molecule has 4 atom stereocenters. The van der Waals surface area contributed by atoms with Gasteiger partial charge in [0.15, 0.2) is 23.3 Å². The van der Waals surface area contributed by atoms with E-state index in [2.05, 4.69) is 24.1 Å². The van der Waals surface area contributed by atoms with E-state index < -0.39 is 42.9 Å². The molecule has 41 heavy (non-hydrogen) atoms. The topological polar surface area (TPSA) is 132 Å². The number of aryl methyl sites for hydroxylation is 1. The Balaban J connectivity index is 1.79. The molecule has 0 saturated carbocycles. The molecule has 1 amide bonds. The fraction of sp³-hybridized carbons (Fsp3) is 0.533. The third kappa shape index (κ3) is 9.34. The average Bonchev–Trinajstić information content (AvgIpc) is 2.97. The first-order chi connectivity index (χ1) is 19.6. The molecule has 2 aromatic rings. The van der Waals surface area contributed by atoms with Crippen molar-refractivity contribution in [3.63, 3.8) is 0 Å². The van der Waals surface area contributed by atoms with E-state index in [1.54, 1.807) is 6.92 Å². The lowest BCUT2D eigenvalue weighted by molar-refractivity contribution is -0.159. The van der Waals surface area contributed by atoms with Gasteiger partial charge in [0.2, 0.25) is 6.79 Å².